The zero-order valence-electron chi connectivity index (χ0n) is 14.2. The van der Waals surface area contributed by atoms with Crippen LogP contribution in [0, 0.1) is 19.8 Å². The molecule has 2 aromatic rings. The number of aromatic nitrogens is 2. The quantitative estimate of drug-likeness (QED) is 0.852. The van der Waals surface area contributed by atoms with Crippen molar-refractivity contribution in [1.29, 1.82) is 0 Å². The number of hydrogen-bond donors (Lipinski definition) is 0. The third kappa shape index (κ3) is 2.68. The van der Waals surface area contributed by atoms with Gasteiger partial charge in [0.1, 0.15) is 5.75 Å². The van der Waals surface area contributed by atoms with E-state index in [1.807, 2.05) is 30.0 Å². The first kappa shape index (κ1) is 15.2. The lowest BCUT2D eigenvalue weighted by Crippen LogP contribution is -2.53. The lowest BCUT2D eigenvalue weighted by Gasteiger charge is -2.41. The second kappa shape index (κ2) is 5.96. The SMILES string of the molecule is Cc1cc(C)n(C2CN(C(=O)[C@H]3CCOc4ccccc4C3)C2)n1. The number of nitrogens with zero attached hydrogens (tertiary/aromatic N) is 3. The maximum Gasteiger partial charge on any atom is 0.226 e. The molecule has 3 heterocycles. The maximum absolute atomic E-state index is 12.9. The third-order valence-electron chi connectivity index (χ3n) is 5.08. The minimum atomic E-state index is 0.0232. The standard InChI is InChI=1S/C19H23N3O2/c1-13-9-14(2)22(20-13)17-11-21(12-17)19(23)16-7-8-24-18-6-4-3-5-15(18)10-16/h3-6,9,16-17H,7-8,10-12H2,1-2H3/t16-/m0/s1. The van der Waals surface area contributed by atoms with Crippen LogP contribution in [0.1, 0.15) is 29.4 Å². The van der Waals surface area contributed by atoms with Crippen LogP contribution in [-0.2, 0) is 11.2 Å². The highest BCUT2D eigenvalue weighted by atomic mass is 16.5. The van der Waals surface area contributed by atoms with Crippen LogP contribution in [0.25, 0.3) is 0 Å². The van der Waals surface area contributed by atoms with E-state index in [9.17, 15) is 4.79 Å². The molecule has 126 valence electrons. The monoisotopic (exact) mass is 325 g/mol. The number of carbonyl (C=O) groups is 1. The molecule has 0 bridgehead atoms. The van der Waals surface area contributed by atoms with Gasteiger partial charge >= 0.3 is 0 Å². The van der Waals surface area contributed by atoms with Gasteiger partial charge in [-0.05, 0) is 44.4 Å². The molecule has 1 aromatic heterocycles. The number of hydrogen-bond acceptors (Lipinski definition) is 3. The van der Waals surface area contributed by atoms with Gasteiger partial charge in [-0.3, -0.25) is 9.48 Å². The van der Waals surface area contributed by atoms with E-state index in [0.717, 1.165) is 42.9 Å². The zero-order chi connectivity index (χ0) is 16.7. The minimum Gasteiger partial charge on any atom is -0.493 e. The molecule has 0 spiro atoms. The fourth-order valence-corrected chi connectivity index (χ4v) is 3.77. The number of para-hydroxylation sites is 1. The molecule has 1 amide bonds. The van der Waals surface area contributed by atoms with Crippen molar-refractivity contribution in [3.8, 4) is 5.75 Å². The number of ether oxygens (including phenoxy) is 1. The lowest BCUT2D eigenvalue weighted by atomic mass is 9.93. The summed E-state index contributed by atoms with van der Waals surface area (Å²) < 4.78 is 7.84. The molecule has 5 nitrogen and oxygen atoms in total. The Labute approximate surface area is 142 Å². The Morgan fingerprint density at radius 2 is 2.04 bits per heavy atom. The van der Waals surface area contributed by atoms with Gasteiger partial charge in [0, 0.05) is 24.7 Å². The van der Waals surface area contributed by atoms with E-state index < -0.39 is 0 Å². The van der Waals surface area contributed by atoms with Gasteiger partial charge < -0.3 is 9.64 Å². The van der Waals surface area contributed by atoms with Crippen LogP contribution in [0.3, 0.4) is 0 Å². The van der Waals surface area contributed by atoms with Crippen molar-refractivity contribution in [1.82, 2.24) is 14.7 Å². The lowest BCUT2D eigenvalue weighted by molar-refractivity contribution is -0.142. The number of fused-ring (bicyclic) bond motifs is 1. The van der Waals surface area contributed by atoms with E-state index in [0.29, 0.717) is 12.6 Å². The molecule has 0 unspecified atom stereocenters. The van der Waals surface area contributed by atoms with Gasteiger partial charge in [-0.1, -0.05) is 18.2 Å². The first-order chi connectivity index (χ1) is 11.6. The summed E-state index contributed by atoms with van der Waals surface area (Å²) in [6.07, 6.45) is 1.56. The van der Waals surface area contributed by atoms with Crippen molar-refractivity contribution < 1.29 is 9.53 Å². The smallest absolute Gasteiger partial charge is 0.226 e. The summed E-state index contributed by atoms with van der Waals surface area (Å²) in [4.78, 5) is 14.8. The Kier molecular flexibility index (Phi) is 3.79. The summed E-state index contributed by atoms with van der Waals surface area (Å²) in [6.45, 7) is 6.22. The first-order valence-electron chi connectivity index (χ1n) is 8.64. The highest BCUT2D eigenvalue weighted by Gasteiger charge is 2.37. The van der Waals surface area contributed by atoms with Crippen LogP contribution in [0.2, 0.25) is 0 Å². The third-order valence-corrected chi connectivity index (χ3v) is 5.08. The Morgan fingerprint density at radius 1 is 1.25 bits per heavy atom. The molecule has 1 fully saturated rings. The molecule has 24 heavy (non-hydrogen) atoms. The van der Waals surface area contributed by atoms with Gasteiger partial charge in [0.25, 0.3) is 0 Å². The van der Waals surface area contributed by atoms with E-state index >= 15 is 0 Å². The fraction of sp³-hybridized carbons (Fsp3) is 0.474. The van der Waals surface area contributed by atoms with E-state index in [1.165, 1.54) is 5.69 Å². The molecule has 4 rings (SSSR count). The predicted octanol–water partition coefficient (Wildman–Crippen LogP) is 2.52. The molecular formula is C19H23N3O2. The molecule has 0 aliphatic carbocycles. The van der Waals surface area contributed by atoms with Gasteiger partial charge in [-0.15, -0.1) is 0 Å². The normalized spacial score (nSPS) is 20.8. The van der Waals surface area contributed by atoms with Crippen molar-refractivity contribution in [2.45, 2.75) is 32.7 Å². The fourth-order valence-electron chi connectivity index (χ4n) is 3.77. The van der Waals surface area contributed by atoms with Gasteiger partial charge in [-0.2, -0.15) is 5.10 Å². The number of amides is 1. The summed E-state index contributed by atoms with van der Waals surface area (Å²) in [6, 6.07) is 10.5. The summed E-state index contributed by atoms with van der Waals surface area (Å²) in [5, 5.41) is 4.54. The van der Waals surface area contributed by atoms with Crippen molar-refractivity contribution in [2.75, 3.05) is 19.7 Å². The van der Waals surface area contributed by atoms with E-state index in [-0.39, 0.29) is 11.8 Å². The van der Waals surface area contributed by atoms with Crippen LogP contribution >= 0.6 is 0 Å². The molecule has 2 aliphatic rings. The van der Waals surface area contributed by atoms with Gasteiger partial charge in [0.2, 0.25) is 5.91 Å². The average Bonchev–Trinajstić information content (AvgIpc) is 2.73. The van der Waals surface area contributed by atoms with Crippen LogP contribution in [0.5, 0.6) is 5.75 Å². The molecule has 1 saturated heterocycles. The van der Waals surface area contributed by atoms with E-state index in [2.05, 4.69) is 28.8 Å². The minimum absolute atomic E-state index is 0.0232. The van der Waals surface area contributed by atoms with Crippen molar-refractivity contribution >= 4 is 5.91 Å². The predicted molar refractivity (Wildman–Crippen MR) is 91.1 cm³/mol. The van der Waals surface area contributed by atoms with Crippen LogP contribution in [0.4, 0.5) is 0 Å². The Morgan fingerprint density at radius 3 is 2.79 bits per heavy atom. The Balaban J connectivity index is 1.41. The second-order valence-electron chi connectivity index (χ2n) is 6.91. The Bertz CT molecular complexity index is 762. The maximum atomic E-state index is 12.9. The molecule has 0 saturated carbocycles. The van der Waals surface area contributed by atoms with Gasteiger partial charge in [0.05, 0.1) is 18.3 Å². The van der Waals surface area contributed by atoms with Gasteiger partial charge in [-0.25, -0.2) is 0 Å². The molecule has 0 radical (unpaired) electrons. The summed E-state index contributed by atoms with van der Waals surface area (Å²) in [5.74, 6) is 1.21. The van der Waals surface area contributed by atoms with Crippen molar-refractivity contribution in [3.63, 3.8) is 0 Å². The van der Waals surface area contributed by atoms with Crippen LogP contribution < -0.4 is 4.74 Å². The van der Waals surface area contributed by atoms with E-state index in [1.54, 1.807) is 0 Å². The number of rotatable bonds is 2. The van der Waals surface area contributed by atoms with Crippen LogP contribution in [-0.4, -0.2) is 40.3 Å². The second-order valence-corrected chi connectivity index (χ2v) is 6.91. The topological polar surface area (TPSA) is 47.4 Å². The number of aryl methyl sites for hydroxylation is 2. The number of carbonyl (C=O) groups excluding carboxylic acids is 1. The molecule has 0 N–H and O–H groups in total. The molecule has 2 aliphatic heterocycles. The summed E-state index contributed by atoms with van der Waals surface area (Å²) in [5.41, 5.74) is 3.35. The Hall–Kier alpha value is -2.30. The number of likely N-dealkylation sites (tertiary alicyclic amines) is 1. The highest BCUT2D eigenvalue weighted by molar-refractivity contribution is 5.80. The summed E-state index contributed by atoms with van der Waals surface area (Å²) >= 11 is 0. The largest absolute Gasteiger partial charge is 0.493 e. The van der Waals surface area contributed by atoms with Crippen LogP contribution in [0.15, 0.2) is 30.3 Å². The van der Waals surface area contributed by atoms with Crippen molar-refractivity contribution in [3.05, 3.63) is 47.3 Å². The molecule has 1 atom stereocenters. The molecular weight excluding hydrogens is 302 g/mol. The average molecular weight is 325 g/mol. The zero-order valence-corrected chi connectivity index (χ0v) is 14.2. The highest BCUT2D eigenvalue weighted by Crippen LogP contribution is 2.30. The first-order valence-corrected chi connectivity index (χ1v) is 8.64. The van der Waals surface area contributed by atoms with E-state index in [4.69, 9.17) is 4.74 Å². The molecule has 1 aromatic carbocycles. The van der Waals surface area contributed by atoms with Gasteiger partial charge in [0.15, 0.2) is 0 Å². The molecule has 5 heteroatoms. The summed E-state index contributed by atoms with van der Waals surface area (Å²) in [7, 11) is 0. The van der Waals surface area contributed by atoms with Crippen molar-refractivity contribution in [2.24, 2.45) is 5.92 Å². The number of benzene rings is 1.